The summed E-state index contributed by atoms with van der Waals surface area (Å²) < 4.78 is 84.2. The number of carbonyl (C=O) groups is 1. The average molecular weight is 538 g/mol. The van der Waals surface area contributed by atoms with Gasteiger partial charge in [-0.1, -0.05) is 17.7 Å². The Balaban J connectivity index is 0.00000361. The molecule has 2 aromatic rings. The van der Waals surface area contributed by atoms with Crippen molar-refractivity contribution in [2.75, 3.05) is 19.6 Å². The van der Waals surface area contributed by atoms with Gasteiger partial charge < -0.3 is 14.6 Å². The minimum Gasteiger partial charge on any atom is -0.550 e. The molecular weight excluding hydrogens is 515 g/mol. The van der Waals surface area contributed by atoms with E-state index in [0.29, 0.717) is 37.9 Å². The summed E-state index contributed by atoms with van der Waals surface area (Å²) in [5.74, 6) is -1.14. The SMILES string of the molecule is CC1=C(CN2CC(C(=O)[O-])C2)CCc2cc(OCc3ccc(C(F)(F)F)cc3C(F)(F)F)ccc21.[K+]. The maximum Gasteiger partial charge on any atom is 1.00 e. The van der Waals surface area contributed by atoms with Gasteiger partial charge in [-0.25, -0.2) is 0 Å². The molecular formula is C25H22F6KNO3. The summed E-state index contributed by atoms with van der Waals surface area (Å²) in [6, 6.07) is 6.69. The quantitative estimate of drug-likeness (QED) is 0.416. The monoisotopic (exact) mass is 537 g/mol. The first kappa shape index (κ1) is 29.2. The maximum atomic E-state index is 13.4. The fourth-order valence-electron chi connectivity index (χ4n) is 4.52. The Morgan fingerprint density at radius 2 is 1.72 bits per heavy atom. The smallest absolute Gasteiger partial charge is 0.550 e. The number of aryl methyl sites for hydroxylation is 1. The van der Waals surface area contributed by atoms with Crippen molar-refractivity contribution in [3.63, 3.8) is 0 Å². The fourth-order valence-corrected chi connectivity index (χ4v) is 4.52. The number of allylic oxidation sites excluding steroid dienone is 1. The number of ether oxygens (including phenoxy) is 1. The average Bonchev–Trinajstić information content (AvgIpc) is 2.74. The second-order valence-corrected chi connectivity index (χ2v) is 8.91. The third kappa shape index (κ3) is 6.54. The van der Waals surface area contributed by atoms with Crippen molar-refractivity contribution in [1.29, 1.82) is 0 Å². The van der Waals surface area contributed by atoms with Crippen LogP contribution in [0.2, 0.25) is 0 Å². The first-order chi connectivity index (χ1) is 16.3. The van der Waals surface area contributed by atoms with Crippen LogP contribution in [-0.2, 0) is 30.2 Å². The van der Waals surface area contributed by atoms with Gasteiger partial charge in [-0.2, -0.15) is 26.3 Å². The second kappa shape index (κ2) is 11.2. The van der Waals surface area contributed by atoms with Crippen molar-refractivity contribution >= 4 is 11.5 Å². The Morgan fingerprint density at radius 3 is 2.33 bits per heavy atom. The summed E-state index contributed by atoms with van der Waals surface area (Å²) in [7, 11) is 0. The van der Waals surface area contributed by atoms with Gasteiger partial charge in [0.25, 0.3) is 0 Å². The van der Waals surface area contributed by atoms with E-state index >= 15 is 0 Å². The topological polar surface area (TPSA) is 52.6 Å². The first-order valence-corrected chi connectivity index (χ1v) is 11.0. The van der Waals surface area contributed by atoms with Crippen LogP contribution in [0.25, 0.3) is 5.57 Å². The summed E-state index contributed by atoms with van der Waals surface area (Å²) >= 11 is 0. The Labute approximate surface area is 246 Å². The number of aliphatic carboxylic acids is 1. The molecule has 0 saturated carbocycles. The largest absolute Gasteiger partial charge is 1.00 e. The van der Waals surface area contributed by atoms with Gasteiger partial charge in [0, 0.05) is 37.1 Å². The number of rotatable bonds is 6. The molecule has 4 rings (SSSR count). The van der Waals surface area contributed by atoms with Crippen molar-refractivity contribution in [2.24, 2.45) is 5.92 Å². The van der Waals surface area contributed by atoms with Crippen LogP contribution in [0.1, 0.15) is 41.2 Å². The molecule has 0 unspecified atom stereocenters. The van der Waals surface area contributed by atoms with Crippen LogP contribution in [-0.4, -0.2) is 30.5 Å². The van der Waals surface area contributed by atoms with Gasteiger partial charge in [0.05, 0.1) is 11.1 Å². The standard InChI is InChI=1S/C25H23F6NO3.K/c1-14-16(10-32-11-18(12-32)23(33)34)3-2-15-8-20(6-7-21(14)15)35-13-17-4-5-19(24(26,27)28)9-22(17)25(29,30)31;/h4-9,18H,2-3,10-13H2,1H3,(H,33,34);/q;+1/p-1. The molecule has 1 fully saturated rings. The van der Waals surface area contributed by atoms with E-state index in [9.17, 15) is 36.2 Å². The van der Waals surface area contributed by atoms with Crippen molar-refractivity contribution in [1.82, 2.24) is 4.90 Å². The van der Waals surface area contributed by atoms with Crippen LogP contribution in [0.4, 0.5) is 26.3 Å². The Kier molecular flexibility index (Phi) is 9.05. The first-order valence-electron chi connectivity index (χ1n) is 11.0. The van der Waals surface area contributed by atoms with E-state index < -0.39 is 42.0 Å². The van der Waals surface area contributed by atoms with E-state index in [1.54, 1.807) is 12.1 Å². The number of carbonyl (C=O) groups excluding carboxylic acids is 1. The molecule has 188 valence electrons. The van der Waals surface area contributed by atoms with E-state index in [-0.39, 0.29) is 63.0 Å². The number of hydrogen-bond donors (Lipinski definition) is 0. The van der Waals surface area contributed by atoms with E-state index in [4.69, 9.17) is 4.74 Å². The number of nitrogens with zero attached hydrogens (tertiary/aromatic N) is 1. The third-order valence-corrected chi connectivity index (χ3v) is 6.55. The van der Waals surface area contributed by atoms with Crippen LogP contribution < -0.4 is 61.2 Å². The van der Waals surface area contributed by atoms with E-state index in [1.807, 2.05) is 17.9 Å². The Bertz CT molecular complexity index is 1170. The van der Waals surface area contributed by atoms with Crippen LogP contribution >= 0.6 is 0 Å². The van der Waals surface area contributed by atoms with Crippen molar-refractivity contribution < 1.29 is 92.4 Å². The maximum absolute atomic E-state index is 13.4. The minimum atomic E-state index is -4.95. The molecule has 1 aliphatic carbocycles. The van der Waals surface area contributed by atoms with Gasteiger partial charge in [-0.15, -0.1) is 0 Å². The van der Waals surface area contributed by atoms with Gasteiger partial charge in [0.15, 0.2) is 0 Å². The zero-order valence-electron chi connectivity index (χ0n) is 19.7. The van der Waals surface area contributed by atoms with Crippen molar-refractivity contribution in [2.45, 2.75) is 38.7 Å². The second-order valence-electron chi connectivity index (χ2n) is 8.91. The molecule has 2 aromatic carbocycles. The predicted octanol–water partition coefficient (Wildman–Crippen LogP) is 1.71. The number of halogens is 6. The number of likely N-dealkylation sites (tertiary alicyclic amines) is 1. The van der Waals surface area contributed by atoms with Crippen LogP contribution in [0, 0.1) is 5.92 Å². The molecule has 1 saturated heterocycles. The zero-order valence-corrected chi connectivity index (χ0v) is 22.8. The number of carboxylic acids is 1. The van der Waals surface area contributed by atoms with Gasteiger partial charge >= 0.3 is 63.7 Å². The van der Waals surface area contributed by atoms with Crippen molar-refractivity contribution in [3.8, 4) is 5.75 Å². The van der Waals surface area contributed by atoms with E-state index in [2.05, 4.69) is 0 Å². The third-order valence-electron chi connectivity index (χ3n) is 6.55. The summed E-state index contributed by atoms with van der Waals surface area (Å²) in [6.07, 6.45) is -8.39. The molecule has 1 heterocycles. The predicted molar refractivity (Wildman–Crippen MR) is 113 cm³/mol. The summed E-state index contributed by atoms with van der Waals surface area (Å²) in [6.45, 7) is 3.04. The van der Waals surface area contributed by atoms with Gasteiger partial charge in [-0.3, -0.25) is 4.90 Å². The number of fused-ring (bicyclic) bond motifs is 1. The molecule has 2 aliphatic rings. The molecule has 36 heavy (non-hydrogen) atoms. The molecule has 0 amide bonds. The molecule has 0 spiro atoms. The molecule has 4 nitrogen and oxygen atoms in total. The molecule has 0 N–H and O–H groups in total. The molecule has 11 heteroatoms. The van der Waals surface area contributed by atoms with Crippen LogP contribution in [0.5, 0.6) is 5.75 Å². The molecule has 0 radical (unpaired) electrons. The molecule has 0 aromatic heterocycles. The van der Waals surface area contributed by atoms with Gasteiger partial charge in [0.2, 0.25) is 0 Å². The fraction of sp³-hybridized carbons (Fsp3) is 0.400. The summed E-state index contributed by atoms with van der Waals surface area (Å²) in [4.78, 5) is 12.9. The van der Waals surface area contributed by atoms with Crippen LogP contribution in [0.15, 0.2) is 42.0 Å². The van der Waals surface area contributed by atoms with Crippen LogP contribution in [0.3, 0.4) is 0 Å². The van der Waals surface area contributed by atoms with E-state index in [0.717, 1.165) is 29.2 Å². The number of benzene rings is 2. The number of hydrogen-bond acceptors (Lipinski definition) is 4. The number of carboxylic acid groups (broad SMARTS) is 1. The minimum absolute atomic E-state index is 0. The summed E-state index contributed by atoms with van der Waals surface area (Å²) in [5, 5.41) is 10.9. The molecule has 1 aliphatic heterocycles. The molecule has 0 bridgehead atoms. The zero-order chi connectivity index (χ0) is 25.5. The van der Waals surface area contributed by atoms with Gasteiger partial charge in [-0.05, 0) is 60.7 Å². The normalized spacial score (nSPS) is 16.8. The number of alkyl halides is 6. The van der Waals surface area contributed by atoms with Crippen molar-refractivity contribution in [3.05, 3.63) is 69.8 Å². The Morgan fingerprint density at radius 1 is 1.03 bits per heavy atom. The van der Waals surface area contributed by atoms with Gasteiger partial charge in [0.1, 0.15) is 12.4 Å². The van der Waals surface area contributed by atoms with E-state index in [1.165, 1.54) is 5.57 Å². The molecule has 0 atom stereocenters. The summed E-state index contributed by atoms with van der Waals surface area (Å²) in [5.41, 5.74) is 1.09. The Hall–Kier alpha value is -1.37.